The van der Waals surface area contributed by atoms with E-state index < -0.39 is 16.0 Å². The van der Waals surface area contributed by atoms with Crippen molar-refractivity contribution in [1.29, 1.82) is 0 Å². The van der Waals surface area contributed by atoms with Crippen LogP contribution in [-0.4, -0.2) is 51.0 Å². The van der Waals surface area contributed by atoms with Gasteiger partial charge in [-0.25, -0.2) is 13.2 Å². The molecule has 1 N–H and O–H groups in total. The van der Waals surface area contributed by atoms with E-state index in [-0.39, 0.29) is 34.1 Å². The number of aryl methyl sites for hydroxylation is 2. The molecule has 2 unspecified atom stereocenters. The number of furan rings is 1. The molecule has 0 saturated carbocycles. The molecule has 1 aliphatic heterocycles. The highest BCUT2D eigenvalue weighted by atomic mass is 32.2. The normalized spacial score (nSPS) is 23.5. The summed E-state index contributed by atoms with van der Waals surface area (Å²) in [6, 6.07) is -0.165. The van der Waals surface area contributed by atoms with Crippen LogP contribution in [0.25, 0.3) is 0 Å². The molecule has 0 amide bonds. The van der Waals surface area contributed by atoms with Gasteiger partial charge in [0, 0.05) is 25.2 Å². The first-order chi connectivity index (χ1) is 10.2. The molecule has 1 fully saturated rings. The Balaban J connectivity index is 2.56. The average Bonchev–Trinajstić information content (AvgIpc) is 2.75. The third-order valence-corrected chi connectivity index (χ3v) is 6.00. The molecule has 1 aromatic rings. The smallest absolute Gasteiger partial charge is 0.342 e. The number of rotatable bonds is 3. The first kappa shape index (κ1) is 17.0. The second-order valence-corrected chi connectivity index (χ2v) is 7.47. The maximum atomic E-state index is 13.0. The number of carbonyl (C=O) groups is 1. The van der Waals surface area contributed by atoms with Gasteiger partial charge in [-0.2, -0.15) is 4.31 Å². The number of hydrogen-bond donors (Lipinski definition) is 1. The minimum atomic E-state index is -3.84. The number of piperazine rings is 1. The van der Waals surface area contributed by atoms with Crippen LogP contribution in [0.3, 0.4) is 0 Å². The Morgan fingerprint density at radius 2 is 1.95 bits per heavy atom. The highest BCUT2D eigenvalue weighted by Crippen LogP contribution is 2.31. The number of sulfonamides is 1. The SMILES string of the molecule is COC(=O)c1c(C)oc(C)c1S(=O)(=O)N1CC(C)NCC1C. The van der Waals surface area contributed by atoms with Gasteiger partial charge in [0.25, 0.3) is 0 Å². The van der Waals surface area contributed by atoms with Crippen molar-refractivity contribution >= 4 is 16.0 Å². The molecule has 22 heavy (non-hydrogen) atoms. The summed E-state index contributed by atoms with van der Waals surface area (Å²) in [6.45, 7) is 7.75. The molecule has 2 rings (SSSR count). The van der Waals surface area contributed by atoms with Gasteiger partial charge in [-0.05, 0) is 27.7 Å². The number of methoxy groups -OCH3 is 1. The summed E-state index contributed by atoms with van der Waals surface area (Å²) >= 11 is 0. The molecular weight excluding hydrogens is 308 g/mol. The van der Waals surface area contributed by atoms with Crippen molar-refractivity contribution in [2.75, 3.05) is 20.2 Å². The summed E-state index contributed by atoms with van der Waals surface area (Å²) < 4.78 is 37.6. The van der Waals surface area contributed by atoms with Crippen LogP contribution in [0.2, 0.25) is 0 Å². The molecule has 8 heteroatoms. The van der Waals surface area contributed by atoms with E-state index in [0.29, 0.717) is 13.1 Å². The Kier molecular flexibility index (Phi) is 4.65. The lowest BCUT2D eigenvalue weighted by Crippen LogP contribution is -2.56. The van der Waals surface area contributed by atoms with Gasteiger partial charge in [0.1, 0.15) is 22.0 Å². The standard InChI is InChI=1S/C14H22N2O5S/c1-8-7-16(9(2)6-15-8)22(18,19)13-11(4)21-10(3)12(13)14(17)20-5/h8-9,15H,6-7H2,1-5H3. The summed E-state index contributed by atoms with van der Waals surface area (Å²) in [5.74, 6) is -0.251. The number of nitrogens with zero attached hydrogens (tertiary/aromatic N) is 1. The van der Waals surface area contributed by atoms with E-state index in [4.69, 9.17) is 9.15 Å². The van der Waals surface area contributed by atoms with E-state index in [1.807, 2.05) is 13.8 Å². The van der Waals surface area contributed by atoms with Crippen molar-refractivity contribution in [3.8, 4) is 0 Å². The molecule has 2 atom stereocenters. The molecule has 124 valence electrons. The van der Waals surface area contributed by atoms with Crippen molar-refractivity contribution in [2.24, 2.45) is 0 Å². The van der Waals surface area contributed by atoms with Gasteiger partial charge in [-0.15, -0.1) is 0 Å². The zero-order valence-corrected chi connectivity index (χ0v) is 14.3. The van der Waals surface area contributed by atoms with Crippen LogP contribution < -0.4 is 5.32 Å². The summed E-state index contributed by atoms with van der Waals surface area (Å²) in [7, 11) is -2.62. The Bertz CT molecular complexity index is 680. The largest absolute Gasteiger partial charge is 0.465 e. The molecule has 1 aromatic heterocycles. The highest BCUT2D eigenvalue weighted by molar-refractivity contribution is 7.89. The highest BCUT2D eigenvalue weighted by Gasteiger charge is 2.39. The molecule has 0 aliphatic carbocycles. The minimum Gasteiger partial charge on any atom is -0.465 e. The topological polar surface area (TPSA) is 88.8 Å². The second kappa shape index (κ2) is 6.02. The molecule has 0 bridgehead atoms. The Labute approximate surface area is 130 Å². The first-order valence-corrected chi connectivity index (χ1v) is 8.57. The van der Waals surface area contributed by atoms with Gasteiger partial charge in [-0.3, -0.25) is 0 Å². The van der Waals surface area contributed by atoms with Gasteiger partial charge in [0.05, 0.1) is 7.11 Å². The van der Waals surface area contributed by atoms with Gasteiger partial charge >= 0.3 is 5.97 Å². The number of ether oxygens (including phenoxy) is 1. The van der Waals surface area contributed by atoms with Crippen LogP contribution in [0.15, 0.2) is 9.31 Å². The van der Waals surface area contributed by atoms with Crippen molar-refractivity contribution < 1.29 is 22.4 Å². The van der Waals surface area contributed by atoms with Gasteiger partial charge in [0.15, 0.2) is 0 Å². The van der Waals surface area contributed by atoms with Gasteiger partial charge in [-0.1, -0.05) is 0 Å². The van der Waals surface area contributed by atoms with E-state index in [9.17, 15) is 13.2 Å². The Morgan fingerprint density at radius 1 is 1.32 bits per heavy atom. The maximum Gasteiger partial charge on any atom is 0.342 e. The van der Waals surface area contributed by atoms with E-state index >= 15 is 0 Å². The fourth-order valence-electron chi connectivity index (χ4n) is 2.75. The lowest BCUT2D eigenvalue weighted by atomic mass is 10.2. The minimum absolute atomic E-state index is 0.0154. The van der Waals surface area contributed by atoms with E-state index in [1.54, 1.807) is 13.8 Å². The zero-order chi connectivity index (χ0) is 16.7. The third kappa shape index (κ3) is 2.78. The number of esters is 1. The van der Waals surface area contributed by atoms with Crippen LogP contribution in [0.1, 0.15) is 35.7 Å². The van der Waals surface area contributed by atoms with Crippen LogP contribution in [0, 0.1) is 13.8 Å². The monoisotopic (exact) mass is 330 g/mol. The van der Waals surface area contributed by atoms with Gasteiger partial charge in [0.2, 0.25) is 10.0 Å². The summed E-state index contributed by atoms with van der Waals surface area (Å²) in [5, 5.41) is 3.23. The van der Waals surface area contributed by atoms with Crippen LogP contribution in [-0.2, 0) is 14.8 Å². The van der Waals surface area contributed by atoms with Crippen LogP contribution in [0.4, 0.5) is 0 Å². The van der Waals surface area contributed by atoms with Crippen molar-refractivity contribution in [3.63, 3.8) is 0 Å². The molecule has 0 spiro atoms. The predicted molar refractivity (Wildman–Crippen MR) is 80.3 cm³/mol. The van der Waals surface area contributed by atoms with E-state index in [2.05, 4.69) is 5.32 Å². The fraction of sp³-hybridized carbons (Fsp3) is 0.643. The second-order valence-electron chi connectivity index (χ2n) is 5.64. The molecule has 2 heterocycles. The van der Waals surface area contributed by atoms with Crippen LogP contribution in [0.5, 0.6) is 0 Å². The van der Waals surface area contributed by atoms with Crippen molar-refractivity contribution in [1.82, 2.24) is 9.62 Å². The lowest BCUT2D eigenvalue weighted by molar-refractivity contribution is 0.0594. The summed E-state index contributed by atoms with van der Waals surface area (Å²) in [6.07, 6.45) is 0. The molecule has 1 aliphatic rings. The third-order valence-electron chi connectivity index (χ3n) is 3.87. The molecule has 1 saturated heterocycles. The zero-order valence-electron chi connectivity index (χ0n) is 13.5. The predicted octanol–water partition coefficient (Wildman–Crippen LogP) is 1.05. The number of hydrogen-bond acceptors (Lipinski definition) is 6. The van der Waals surface area contributed by atoms with Gasteiger partial charge < -0.3 is 14.5 Å². The fourth-order valence-corrected chi connectivity index (χ4v) is 4.84. The molecular formula is C14H22N2O5S. The Morgan fingerprint density at radius 3 is 2.55 bits per heavy atom. The first-order valence-electron chi connectivity index (χ1n) is 7.13. The van der Waals surface area contributed by atoms with E-state index in [1.165, 1.54) is 11.4 Å². The van der Waals surface area contributed by atoms with E-state index in [0.717, 1.165) is 0 Å². The summed E-state index contributed by atoms with van der Waals surface area (Å²) in [4.78, 5) is 11.9. The van der Waals surface area contributed by atoms with Crippen LogP contribution >= 0.6 is 0 Å². The summed E-state index contributed by atoms with van der Waals surface area (Å²) in [5.41, 5.74) is -0.0154. The molecule has 0 aromatic carbocycles. The lowest BCUT2D eigenvalue weighted by Gasteiger charge is -2.36. The number of nitrogens with one attached hydrogen (secondary N) is 1. The van der Waals surface area contributed by atoms with Crippen molar-refractivity contribution in [3.05, 3.63) is 17.1 Å². The molecule has 0 radical (unpaired) electrons. The quantitative estimate of drug-likeness (QED) is 0.834. The van der Waals surface area contributed by atoms with Crippen molar-refractivity contribution in [2.45, 2.75) is 44.7 Å². The average molecular weight is 330 g/mol. The maximum absolute atomic E-state index is 13.0. The molecule has 7 nitrogen and oxygen atoms in total. The number of carbonyl (C=O) groups excluding carboxylic acids is 1. The Hall–Kier alpha value is -1.38.